The summed E-state index contributed by atoms with van der Waals surface area (Å²) in [6, 6.07) is 0.655. The van der Waals surface area contributed by atoms with Gasteiger partial charge in [0.1, 0.15) is 0 Å². The Bertz CT molecular complexity index is 587. The van der Waals surface area contributed by atoms with Gasteiger partial charge >= 0.3 is 0 Å². The predicted octanol–water partition coefficient (Wildman–Crippen LogP) is 1.19. The van der Waals surface area contributed by atoms with E-state index in [4.69, 9.17) is 4.74 Å². The molecule has 6 unspecified atom stereocenters. The second kappa shape index (κ2) is 12.1. The van der Waals surface area contributed by atoms with Crippen molar-refractivity contribution in [1.29, 1.82) is 0 Å². The molecule has 8 heteroatoms. The number of rotatable bonds is 8. The summed E-state index contributed by atoms with van der Waals surface area (Å²) >= 11 is 0. The van der Waals surface area contributed by atoms with Crippen LogP contribution in [0.1, 0.15) is 71.1 Å². The number of carbonyl (C=O) groups excluding carboxylic acids is 1. The van der Waals surface area contributed by atoms with Crippen LogP contribution in [0.3, 0.4) is 0 Å². The van der Waals surface area contributed by atoms with Crippen LogP contribution in [0.2, 0.25) is 0 Å². The average Bonchev–Trinajstić information content (AvgIpc) is 3.32. The highest BCUT2D eigenvalue weighted by atomic mass is 16.5. The minimum Gasteiger partial charge on any atom is -0.381 e. The zero-order valence-corrected chi connectivity index (χ0v) is 20.1. The van der Waals surface area contributed by atoms with Crippen molar-refractivity contribution in [3.05, 3.63) is 0 Å². The molecule has 1 amide bonds. The number of methoxy groups -OCH3 is 1. The van der Waals surface area contributed by atoms with E-state index >= 15 is 0 Å². The highest BCUT2D eigenvalue weighted by Crippen LogP contribution is 2.30. The minimum atomic E-state index is 0.135. The lowest BCUT2D eigenvalue weighted by atomic mass is 9.81. The number of carbonyl (C=O) groups is 1. The lowest BCUT2D eigenvalue weighted by Crippen LogP contribution is -2.49. The average molecular weight is 451 g/mol. The molecule has 32 heavy (non-hydrogen) atoms. The number of hydrogen-bond donors (Lipinski definition) is 6. The van der Waals surface area contributed by atoms with Crippen molar-refractivity contribution in [1.82, 2.24) is 32.1 Å². The molecule has 0 aromatic heterocycles. The first-order chi connectivity index (χ1) is 15.6. The van der Waals surface area contributed by atoms with Crippen LogP contribution in [0, 0.1) is 17.8 Å². The summed E-state index contributed by atoms with van der Waals surface area (Å²) in [5.41, 5.74) is 6.86. The Hall–Kier alpha value is -0.770. The van der Waals surface area contributed by atoms with Crippen LogP contribution in [-0.2, 0) is 9.53 Å². The van der Waals surface area contributed by atoms with Crippen molar-refractivity contribution in [2.24, 2.45) is 17.8 Å². The third-order valence-electron chi connectivity index (χ3n) is 8.38. The van der Waals surface area contributed by atoms with Gasteiger partial charge in [0.15, 0.2) is 0 Å². The Morgan fingerprint density at radius 2 is 1.84 bits per heavy atom. The molecule has 0 spiro atoms. The lowest BCUT2D eigenvalue weighted by molar-refractivity contribution is -0.127. The molecule has 2 aliphatic heterocycles. The lowest BCUT2D eigenvalue weighted by Gasteiger charge is -2.35. The summed E-state index contributed by atoms with van der Waals surface area (Å²) in [5.74, 6) is 1.61. The maximum atomic E-state index is 13.0. The van der Waals surface area contributed by atoms with Crippen LogP contribution >= 0.6 is 0 Å². The van der Waals surface area contributed by atoms with Crippen molar-refractivity contribution >= 4 is 5.91 Å². The Morgan fingerprint density at radius 3 is 2.66 bits per heavy atom. The first-order valence-electron chi connectivity index (χ1n) is 13.2. The zero-order chi connectivity index (χ0) is 22.3. The first kappa shape index (κ1) is 24.4. The van der Waals surface area contributed by atoms with Crippen molar-refractivity contribution in [2.75, 3.05) is 26.7 Å². The first-order valence-corrected chi connectivity index (χ1v) is 13.2. The van der Waals surface area contributed by atoms with E-state index in [9.17, 15) is 4.79 Å². The maximum absolute atomic E-state index is 13.0. The van der Waals surface area contributed by atoms with Crippen molar-refractivity contribution < 1.29 is 9.53 Å². The summed E-state index contributed by atoms with van der Waals surface area (Å²) in [4.78, 5) is 13.0. The molecule has 0 bridgehead atoms. The SMILES string of the molecule is COC1CCCC([C@H](C)NC(=O)C2CCCC(NCC3NNC(C4CCNCC4)N3)C2)C1. The van der Waals surface area contributed by atoms with Crippen molar-refractivity contribution in [2.45, 2.75) is 102 Å². The van der Waals surface area contributed by atoms with Crippen LogP contribution in [0.25, 0.3) is 0 Å². The van der Waals surface area contributed by atoms with Gasteiger partial charge in [0, 0.05) is 31.7 Å². The third-order valence-corrected chi connectivity index (χ3v) is 8.38. The van der Waals surface area contributed by atoms with Crippen LogP contribution in [0.4, 0.5) is 0 Å². The topological polar surface area (TPSA) is 98.5 Å². The van der Waals surface area contributed by atoms with Gasteiger partial charge in [0.25, 0.3) is 0 Å². The summed E-state index contributed by atoms with van der Waals surface area (Å²) in [6.45, 7) is 5.29. The molecule has 0 aromatic rings. The fourth-order valence-corrected chi connectivity index (χ4v) is 6.24. The van der Waals surface area contributed by atoms with E-state index in [-0.39, 0.29) is 24.0 Å². The highest BCUT2D eigenvalue weighted by Gasteiger charge is 2.33. The summed E-state index contributed by atoms with van der Waals surface area (Å²) in [5, 5.41) is 14.2. The Kier molecular flexibility index (Phi) is 9.20. The van der Waals surface area contributed by atoms with E-state index in [1.807, 2.05) is 7.11 Å². The molecule has 4 fully saturated rings. The normalized spacial score (nSPS) is 37.8. The van der Waals surface area contributed by atoms with Gasteiger partial charge in [-0.05, 0) is 83.2 Å². The number of ether oxygens (including phenoxy) is 1. The molecular weight excluding hydrogens is 404 g/mol. The number of hydrogen-bond acceptors (Lipinski definition) is 7. The number of nitrogens with one attached hydrogen (secondary N) is 6. The number of piperidine rings is 1. The van der Waals surface area contributed by atoms with E-state index in [2.05, 4.69) is 39.0 Å². The van der Waals surface area contributed by atoms with Crippen LogP contribution in [0.5, 0.6) is 0 Å². The molecular formula is C24H46N6O2. The summed E-state index contributed by atoms with van der Waals surface area (Å²) < 4.78 is 5.58. The molecule has 8 nitrogen and oxygen atoms in total. The molecule has 7 atom stereocenters. The van der Waals surface area contributed by atoms with Gasteiger partial charge in [-0.1, -0.05) is 12.8 Å². The molecule has 2 saturated carbocycles. The smallest absolute Gasteiger partial charge is 0.223 e. The molecule has 2 aliphatic carbocycles. The van der Waals surface area contributed by atoms with Gasteiger partial charge in [0.2, 0.25) is 5.91 Å². The van der Waals surface area contributed by atoms with Gasteiger partial charge in [-0.3, -0.25) is 10.1 Å². The van der Waals surface area contributed by atoms with Crippen molar-refractivity contribution in [3.63, 3.8) is 0 Å². The molecule has 6 N–H and O–H groups in total. The number of amides is 1. The minimum absolute atomic E-state index is 0.135. The zero-order valence-electron chi connectivity index (χ0n) is 20.1. The van der Waals surface area contributed by atoms with Crippen molar-refractivity contribution in [3.8, 4) is 0 Å². The molecule has 184 valence electrons. The van der Waals surface area contributed by atoms with Crippen LogP contribution in [0.15, 0.2) is 0 Å². The summed E-state index contributed by atoms with van der Waals surface area (Å²) in [6.07, 6.45) is 12.3. The maximum Gasteiger partial charge on any atom is 0.223 e. The Morgan fingerprint density at radius 1 is 1.03 bits per heavy atom. The van der Waals surface area contributed by atoms with Crippen LogP contribution < -0.4 is 32.1 Å². The number of hydrazine groups is 1. The summed E-state index contributed by atoms with van der Waals surface area (Å²) in [7, 11) is 1.81. The molecule has 4 aliphatic rings. The van der Waals surface area contributed by atoms with Gasteiger partial charge < -0.3 is 20.7 Å². The monoisotopic (exact) mass is 450 g/mol. The highest BCUT2D eigenvalue weighted by molar-refractivity contribution is 5.79. The second-order valence-electron chi connectivity index (χ2n) is 10.6. The Labute approximate surface area is 194 Å². The standard InChI is InChI=1S/C24H46N6O2/c1-16(18-5-4-8-21(14-18)32-2)27-24(31)19-6-3-7-20(13-19)26-15-22-28-23(30-29-22)17-9-11-25-12-10-17/h16-23,25-26,28-30H,3-15H2,1-2H3,(H,27,31)/t16-,18?,19?,20?,21?,22?,23?/m0/s1. The van der Waals surface area contributed by atoms with Gasteiger partial charge in [-0.25, -0.2) is 10.9 Å². The molecule has 0 radical (unpaired) electrons. The predicted molar refractivity (Wildman–Crippen MR) is 127 cm³/mol. The van der Waals surface area contributed by atoms with Gasteiger partial charge in [-0.15, -0.1) is 0 Å². The van der Waals surface area contributed by atoms with E-state index in [0.717, 1.165) is 58.2 Å². The van der Waals surface area contributed by atoms with Crippen LogP contribution in [-0.4, -0.2) is 63.2 Å². The molecule has 2 heterocycles. The largest absolute Gasteiger partial charge is 0.381 e. The Balaban J connectivity index is 1.17. The molecule has 0 aromatic carbocycles. The second-order valence-corrected chi connectivity index (χ2v) is 10.6. The fraction of sp³-hybridized carbons (Fsp3) is 0.958. The van der Waals surface area contributed by atoms with Gasteiger partial charge in [-0.2, -0.15) is 0 Å². The van der Waals surface area contributed by atoms with Gasteiger partial charge in [0.05, 0.1) is 18.4 Å². The fourth-order valence-electron chi connectivity index (χ4n) is 6.24. The van der Waals surface area contributed by atoms with E-state index in [0.29, 0.717) is 30.1 Å². The molecule has 2 saturated heterocycles. The van der Waals surface area contributed by atoms with E-state index < -0.39 is 0 Å². The quantitative estimate of drug-likeness (QED) is 0.331. The van der Waals surface area contributed by atoms with E-state index in [1.54, 1.807) is 0 Å². The molecule has 4 rings (SSSR count). The van der Waals surface area contributed by atoms with E-state index in [1.165, 1.54) is 25.7 Å². The third kappa shape index (κ3) is 6.64.